The Balaban J connectivity index is 2.56. The first kappa shape index (κ1) is 11.2. The van der Waals surface area contributed by atoms with Gasteiger partial charge in [-0.05, 0) is 18.2 Å². The molecule has 0 saturated heterocycles. The molecule has 0 aliphatic carbocycles. The predicted octanol–water partition coefficient (Wildman–Crippen LogP) is 2.22. The smallest absolute Gasteiger partial charge is 0.132 e. The van der Waals surface area contributed by atoms with Gasteiger partial charge in [0.05, 0.1) is 17.3 Å². The van der Waals surface area contributed by atoms with Crippen molar-refractivity contribution in [1.82, 2.24) is 4.98 Å². The van der Waals surface area contributed by atoms with Crippen LogP contribution in [0.15, 0.2) is 36.5 Å². The molecule has 0 radical (unpaired) electrons. The molecule has 84 valence electrons. The predicted molar refractivity (Wildman–Crippen MR) is 62.2 cm³/mol. The van der Waals surface area contributed by atoms with Gasteiger partial charge in [-0.1, -0.05) is 12.1 Å². The summed E-state index contributed by atoms with van der Waals surface area (Å²) in [5, 5.41) is 8.95. The molecule has 3 nitrogen and oxygen atoms in total. The van der Waals surface area contributed by atoms with Gasteiger partial charge in [0, 0.05) is 23.9 Å². The Morgan fingerprint density at radius 3 is 2.71 bits per heavy atom. The lowest BCUT2D eigenvalue weighted by atomic mass is 10.0. The number of nitrogens with zero attached hydrogens (tertiary/aromatic N) is 2. The number of pyridine rings is 1. The van der Waals surface area contributed by atoms with E-state index in [-0.39, 0.29) is 5.56 Å². The van der Waals surface area contributed by atoms with Gasteiger partial charge in [-0.3, -0.25) is 4.98 Å². The number of nitriles is 1. The zero-order valence-electron chi connectivity index (χ0n) is 9.02. The van der Waals surface area contributed by atoms with Gasteiger partial charge in [-0.15, -0.1) is 0 Å². The van der Waals surface area contributed by atoms with Crippen LogP contribution in [0.1, 0.15) is 11.3 Å². The van der Waals surface area contributed by atoms with Crippen molar-refractivity contribution in [3.05, 3.63) is 53.6 Å². The molecule has 0 spiro atoms. The Morgan fingerprint density at radius 2 is 2.12 bits per heavy atom. The second-order valence-electron chi connectivity index (χ2n) is 3.52. The van der Waals surface area contributed by atoms with Crippen LogP contribution in [0.4, 0.5) is 4.39 Å². The quantitative estimate of drug-likeness (QED) is 0.855. The molecule has 1 aromatic heterocycles. The Labute approximate surface area is 98.3 Å². The van der Waals surface area contributed by atoms with Crippen LogP contribution in [-0.2, 0) is 6.54 Å². The van der Waals surface area contributed by atoms with Crippen LogP contribution in [0.2, 0.25) is 0 Å². The highest BCUT2D eigenvalue weighted by Gasteiger charge is 2.10. The summed E-state index contributed by atoms with van der Waals surface area (Å²) in [4.78, 5) is 4.09. The van der Waals surface area contributed by atoms with Crippen molar-refractivity contribution < 1.29 is 4.39 Å². The van der Waals surface area contributed by atoms with Crippen LogP contribution < -0.4 is 5.73 Å². The van der Waals surface area contributed by atoms with E-state index in [9.17, 15) is 4.39 Å². The third-order valence-corrected chi connectivity index (χ3v) is 2.46. The summed E-state index contributed by atoms with van der Waals surface area (Å²) in [6.07, 6.45) is 1.53. The molecule has 2 aromatic rings. The van der Waals surface area contributed by atoms with E-state index in [1.54, 1.807) is 18.2 Å². The van der Waals surface area contributed by atoms with Crippen LogP contribution in [0.25, 0.3) is 11.1 Å². The summed E-state index contributed by atoms with van der Waals surface area (Å²) in [7, 11) is 0. The van der Waals surface area contributed by atoms with Crippen molar-refractivity contribution in [2.75, 3.05) is 0 Å². The van der Waals surface area contributed by atoms with E-state index in [2.05, 4.69) is 4.98 Å². The van der Waals surface area contributed by atoms with Crippen LogP contribution in [0.3, 0.4) is 0 Å². The van der Waals surface area contributed by atoms with Crippen molar-refractivity contribution >= 4 is 0 Å². The van der Waals surface area contributed by atoms with Gasteiger partial charge in [0.1, 0.15) is 5.82 Å². The first-order chi connectivity index (χ1) is 8.26. The summed E-state index contributed by atoms with van der Waals surface area (Å²) in [5.41, 5.74) is 7.32. The van der Waals surface area contributed by atoms with Crippen molar-refractivity contribution in [2.24, 2.45) is 5.73 Å². The molecule has 0 saturated carbocycles. The molecule has 17 heavy (non-hydrogen) atoms. The number of rotatable bonds is 2. The van der Waals surface area contributed by atoms with Gasteiger partial charge in [0.15, 0.2) is 0 Å². The van der Waals surface area contributed by atoms with E-state index in [0.717, 1.165) is 5.69 Å². The maximum absolute atomic E-state index is 13.7. The number of hydrogen-bond donors (Lipinski definition) is 1. The van der Waals surface area contributed by atoms with E-state index in [1.165, 1.54) is 18.3 Å². The van der Waals surface area contributed by atoms with Gasteiger partial charge in [0.2, 0.25) is 0 Å². The van der Waals surface area contributed by atoms with E-state index in [1.807, 2.05) is 6.07 Å². The number of aromatic nitrogens is 1. The highest BCUT2D eigenvalue weighted by Crippen LogP contribution is 2.25. The number of hydrogen-bond acceptors (Lipinski definition) is 3. The molecule has 0 fully saturated rings. The van der Waals surface area contributed by atoms with Gasteiger partial charge >= 0.3 is 0 Å². The Kier molecular flexibility index (Phi) is 3.12. The number of halogens is 1. The third-order valence-electron chi connectivity index (χ3n) is 2.46. The van der Waals surface area contributed by atoms with Crippen molar-refractivity contribution in [3.63, 3.8) is 0 Å². The first-order valence-electron chi connectivity index (χ1n) is 5.10. The second-order valence-corrected chi connectivity index (χ2v) is 3.52. The van der Waals surface area contributed by atoms with E-state index >= 15 is 0 Å². The van der Waals surface area contributed by atoms with Crippen molar-refractivity contribution in [3.8, 4) is 17.2 Å². The standard InChI is InChI=1S/C13H10FN3/c14-12-3-1-2-9(6-15)13(12)10-4-5-11(7-16)17-8-10/h1-5,8H,7,16H2. The molecule has 0 atom stereocenters. The molecule has 2 rings (SSSR count). The fraction of sp³-hybridized carbons (Fsp3) is 0.0769. The lowest BCUT2D eigenvalue weighted by Crippen LogP contribution is -1.99. The zero-order valence-corrected chi connectivity index (χ0v) is 9.02. The Bertz CT molecular complexity index is 570. The maximum atomic E-state index is 13.7. The monoisotopic (exact) mass is 227 g/mol. The Morgan fingerprint density at radius 1 is 1.29 bits per heavy atom. The molecule has 0 amide bonds. The van der Waals surface area contributed by atoms with E-state index < -0.39 is 5.82 Å². The maximum Gasteiger partial charge on any atom is 0.132 e. The fourth-order valence-electron chi connectivity index (χ4n) is 1.60. The molecular weight excluding hydrogens is 217 g/mol. The van der Waals surface area contributed by atoms with Gasteiger partial charge < -0.3 is 5.73 Å². The summed E-state index contributed by atoms with van der Waals surface area (Å²) in [5.74, 6) is -0.425. The highest BCUT2D eigenvalue weighted by molar-refractivity contribution is 5.70. The van der Waals surface area contributed by atoms with Crippen LogP contribution in [0, 0.1) is 17.1 Å². The summed E-state index contributed by atoms with van der Waals surface area (Å²) in [6, 6.07) is 9.83. The summed E-state index contributed by atoms with van der Waals surface area (Å²) >= 11 is 0. The molecule has 2 N–H and O–H groups in total. The molecule has 4 heteroatoms. The SMILES string of the molecule is N#Cc1cccc(F)c1-c1ccc(CN)nc1. The van der Waals surface area contributed by atoms with Gasteiger partial charge in [-0.25, -0.2) is 4.39 Å². The molecular formula is C13H10FN3. The lowest BCUT2D eigenvalue weighted by Gasteiger charge is -2.05. The highest BCUT2D eigenvalue weighted by atomic mass is 19.1. The molecule has 0 aliphatic heterocycles. The minimum atomic E-state index is -0.425. The Hall–Kier alpha value is -2.25. The van der Waals surface area contributed by atoms with Crippen molar-refractivity contribution in [1.29, 1.82) is 5.26 Å². The molecule has 1 heterocycles. The normalized spacial score (nSPS) is 9.94. The van der Waals surface area contributed by atoms with Gasteiger partial charge in [-0.2, -0.15) is 5.26 Å². The fourth-order valence-corrected chi connectivity index (χ4v) is 1.60. The minimum Gasteiger partial charge on any atom is -0.325 e. The van der Waals surface area contributed by atoms with Crippen molar-refractivity contribution in [2.45, 2.75) is 6.54 Å². The van der Waals surface area contributed by atoms with Crippen LogP contribution >= 0.6 is 0 Å². The number of benzene rings is 1. The van der Waals surface area contributed by atoms with Gasteiger partial charge in [0.25, 0.3) is 0 Å². The number of nitrogens with two attached hydrogens (primary N) is 1. The van der Waals surface area contributed by atoms with E-state index in [4.69, 9.17) is 11.0 Å². The topological polar surface area (TPSA) is 62.7 Å². The van der Waals surface area contributed by atoms with Crippen LogP contribution in [0.5, 0.6) is 0 Å². The molecule has 0 unspecified atom stereocenters. The zero-order chi connectivity index (χ0) is 12.3. The minimum absolute atomic E-state index is 0.283. The largest absolute Gasteiger partial charge is 0.325 e. The third kappa shape index (κ3) is 2.14. The van der Waals surface area contributed by atoms with E-state index in [0.29, 0.717) is 17.7 Å². The lowest BCUT2D eigenvalue weighted by molar-refractivity contribution is 0.631. The summed E-state index contributed by atoms with van der Waals surface area (Å²) in [6.45, 7) is 0.336. The molecule has 1 aromatic carbocycles. The average molecular weight is 227 g/mol. The first-order valence-corrected chi connectivity index (χ1v) is 5.10. The second kappa shape index (κ2) is 4.73. The molecule has 0 bridgehead atoms. The summed E-state index contributed by atoms with van der Waals surface area (Å²) < 4.78 is 13.7. The molecule has 0 aliphatic rings. The van der Waals surface area contributed by atoms with Crippen LogP contribution in [-0.4, -0.2) is 4.98 Å². The average Bonchev–Trinajstić information content (AvgIpc) is 2.38.